The van der Waals surface area contributed by atoms with Crippen molar-refractivity contribution in [3.8, 4) is 0 Å². The van der Waals surface area contributed by atoms with Crippen LogP contribution in [0, 0.1) is 0 Å². The number of para-hydroxylation sites is 2. The molecule has 1 amide bonds. The van der Waals surface area contributed by atoms with E-state index < -0.39 is 5.97 Å². The highest BCUT2D eigenvalue weighted by molar-refractivity contribution is 5.77. The molecule has 0 bridgehead atoms. The number of hydrogen-bond donors (Lipinski definition) is 3. The van der Waals surface area contributed by atoms with Gasteiger partial charge in [-0.2, -0.15) is 0 Å². The van der Waals surface area contributed by atoms with Gasteiger partial charge in [-0.1, -0.05) is 12.1 Å². The number of hydrogen-bond acceptors (Lipinski definition) is 4. The minimum atomic E-state index is -1.02. The molecule has 3 N–H and O–H groups in total. The summed E-state index contributed by atoms with van der Waals surface area (Å²) in [6, 6.07) is 7.69. The van der Waals surface area contributed by atoms with Crippen molar-refractivity contribution in [1.29, 1.82) is 0 Å². The second-order valence-electron chi connectivity index (χ2n) is 4.50. The molecule has 0 atom stereocenters. The molecule has 1 aromatic heterocycles. The Balaban J connectivity index is 1.67. The van der Waals surface area contributed by atoms with E-state index >= 15 is 0 Å². The maximum atomic E-state index is 11.6. The number of H-pyrrole nitrogens is 1. The first-order valence-electron chi connectivity index (χ1n) is 6.65. The number of aromatic amines is 1. The summed E-state index contributed by atoms with van der Waals surface area (Å²) in [5.74, 6) is -0.367. The second kappa shape index (κ2) is 7.39. The largest absolute Gasteiger partial charge is 0.480 e. The quantitative estimate of drug-likeness (QED) is 0.621. The van der Waals surface area contributed by atoms with Crippen molar-refractivity contribution in [2.45, 2.75) is 12.8 Å². The van der Waals surface area contributed by atoms with Crippen molar-refractivity contribution in [3.05, 3.63) is 30.1 Å². The third-order valence-corrected chi connectivity index (χ3v) is 2.82. The van der Waals surface area contributed by atoms with Gasteiger partial charge in [0.2, 0.25) is 5.91 Å². The van der Waals surface area contributed by atoms with Gasteiger partial charge in [0, 0.05) is 19.4 Å². The van der Waals surface area contributed by atoms with Crippen LogP contribution in [0.3, 0.4) is 0 Å². The maximum Gasteiger partial charge on any atom is 0.329 e. The Morgan fingerprint density at radius 1 is 1.33 bits per heavy atom. The van der Waals surface area contributed by atoms with Crippen LogP contribution >= 0.6 is 0 Å². The van der Waals surface area contributed by atoms with Gasteiger partial charge in [-0.15, -0.1) is 0 Å². The first-order chi connectivity index (χ1) is 10.1. The summed E-state index contributed by atoms with van der Waals surface area (Å²) in [5, 5.41) is 11.0. The van der Waals surface area contributed by atoms with Gasteiger partial charge < -0.3 is 20.1 Å². The molecule has 0 unspecified atom stereocenters. The number of rotatable bonds is 8. The monoisotopic (exact) mass is 291 g/mol. The highest BCUT2D eigenvalue weighted by Crippen LogP contribution is 2.11. The van der Waals surface area contributed by atoms with Crippen LogP contribution in [0.4, 0.5) is 0 Å². The van der Waals surface area contributed by atoms with Crippen LogP contribution in [0.25, 0.3) is 11.0 Å². The van der Waals surface area contributed by atoms with E-state index in [0.717, 1.165) is 16.9 Å². The van der Waals surface area contributed by atoms with Crippen LogP contribution in [0.5, 0.6) is 0 Å². The summed E-state index contributed by atoms with van der Waals surface area (Å²) in [4.78, 5) is 29.4. The molecule has 2 rings (SSSR count). The highest BCUT2D eigenvalue weighted by atomic mass is 16.5. The molecule has 1 heterocycles. The van der Waals surface area contributed by atoms with Gasteiger partial charge in [-0.25, -0.2) is 9.78 Å². The zero-order valence-corrected chi connectivity index (χ0v) is 11.5. The molecule has 2 aromatic rings. The molecule has 7 heteroatoms. The number of nitrogens with one attached hydrogen (secondary N) is 2. The summed E-state index contributed by atoms with van der Waals surface area (Å²) < 4.78 is 4.82. The Labute approximate surface area is 121 Å². The van der Waals surface area contributed by atoms with Crippen LogP contribution in [0.1, 0.15) is 12.2 Å². The fourth-order valence-electron chi connectivity index (χ4n) is 1.87. The molecule has 0 radical (unpaired) electrons. The topological polar surface area (TPSA) is 104 Å². The molecule has 112 valence electrons. The number of carbonyl (C=O) groups excluding carboxylic acids is 1. The highest BCUT2D eigenvalue weighted by Gasteiger charge is 2.06. The minimum Gasteiger partial charge on any atom is -0.480 e. The first kappa shape index (κ1) is 15.0. The maximum absolute atomic E-state index is 11.6. The number of aryl methyl sites for hydroxylation is 1. The van der Waals surface area contributed by atoms with Crippen molar-refractivity contribution < 1.29 is 19.4 Å². The SMILES string of the molecule is O=C(O)COCCNC(=O)CCc1nc2ccccc2[nH]1. The van der Waals surface area contributed by atoms with Crippen LogP contribution in [-0.2, 0) is 20.7 Å². The molecule has 0 saturated heterocycles. The van der Waals surface area contributed by atoms with Crippen LogP contribution in [-0.4, -0.2) is 46.7 Å². The first-order valence-corrected chi connectivity index (χ1v) is 6.65. The third-order valence-electron chi connectivity index (χ3n) is 2.82. The second-order valence-corrected chi connectivity index (χ2v) is 4.50. The number of ether oxygens (including phenoxy) is 1. The van der Waals surface area contributed by atoms with E-state index in [9.17, 15) is 9.59 Å². The van der Waals surface area contributed by atoms with Crippen molar-refractivity contribution in [1.82, 2.24) is 15.3 Å². The molecule has 1 aromatic carbocycles. The van der Waals surface area contributed by atoms with Crippen LogP contribution in [0.2, 0.25) is 0 Å². The van der Waals surface area contributed by atoms with Crippen molar-refractivity contribution >= 4 is 22.9 Å². The summed E-state index contributed by atoms with van der Waals surface area (Å²) in [5.41, 5.74) is 1.84. The molecule has 0 aliphatic heterocycles. The average molecular weight is 291 g/mol. The number of aromatic nitrogens is 2. The summed E-state index contributed by atoms with van der Waals surface area (Å²) in [7, 11) is 0. The Morgan fingerprint density at radius 3 is 2.90 bits per heavy atom. The number of amides is 1. The van der Waals surface area contributed by atoms with Gasteiger partial charge in [0.05, 0.1) is 17.6 Å². The van der Waals surface area contributed by atoms with Gasteiger partial charge in [-0.3, -0.25) is 4.79 Å². The molecule has 0 aliphatic rings. The molecule has 21 heavy (non-hydrogen) atoms. The van der Waals surface area contributed by atoms with E-state index in [0.29, 0.717) is 19.4 Å². The van der Waals surface area contributed by atoms with Crippen LogP contribution in [0.15, 0.2) is 24.3 Å². The lowest BCUT2D eigenvalue weighted by molar-refractivity contribution is -0.142. The van der Waals surface area contributed by atoms with Crippen molar-refractivity contribution in [3.63, 3.8) is 0 Å². The number of nitrogens with zero attached hydrogens (tertiary/aromatic N) is 1. The predicted octanol–water partition coefficient (Wildman–Crippen LogP) is 0.713. The number of carbonyl (C=O) groups is 2. The average Bonchev–Trinajstić information content (AvgIpc) is 2.87. The zero-order chi connectivity index (χ0) is 15.1. The Hall–Kier alpha value is -2.41. The number of carboxylic acid groups (broad SMARTS) is 1. The number of carboxylic acids is 1. The minimum absolute atomic E-state index is 0.116. The van der Waals surface area contributed by atoms with E-state index in [4.69, 9.17) is 9.84 Å². The Bertz CT molecular complexity index is 590. The van der Waals surface area contributed by atoms with E-state index in [1.165, 1.54) is 0 Å². The lowest BCUT2D eigenvalue weighted by Gasteiger charge is -2.04. The fraction of sp³-hybridized carbons (Fsp3) is 0.357. The normalized spacial score (nSPS) is 10.7. The molecule has 0 saturated carbocycles. The summed E-state index contributed by atoms with van der Waals surface area (Å²) >= 11 is 0. The van der Waals surface area contributed by atoms with Crippen LogP contribution < -0.4 is 5.32 Å². The molecule has 0 fully saturated rings. The Morgan fingerprint density at radius 2 is 2.14 bits per heavy atom. The smallest absolute Gasteiger partial charge is 0.329 e. The number of benzene rings is 1. The number of aliphatic carboxylic acids is 1. The van der Waals surface area contributed by atoms with Crippen molar-refractivity contribution in [2.75, 3.05) is 19.8 Å². The molecular formula is C14H17N3O4. The fourth-order valence-corrected chi connectivity index (χ4v) is 1.87. The molecule has 0 spiro atoms. The van der Waals surface area contributed by atoms with Gasteiger partial charge in [-0.05, 0) is 12.1 Å². The van der Waals surface area contributed by atoms with Gasteiger partial charge in [0.15, 0.2) is 0 Å². The van der Waals surface area contributed by atoms with Gasteiger partial charge in [0.25, 0.3) is 0 Å². The number of imidazole rings is 1. The molecular weight excluding hydrogens is 274 g/mol. The zero-order valence-electron chi connectivity index (χ0n) is 11.5. The Kier molecular flexibility index (Phi) is 5.28. The van der Waals surface area contributed by atoms with E-state index in [-0.39, 0.29) is 19.1 Å². The van der Waals surface area contributed by atoms with E-state index in [2.05, 4.69) is 15.3 Å². The molecule has 0 aliphatic carbocycles. The lowest BCUT2D eigenvalue weighted by atomic mass is 10.3. The predicted molar refractivity (Wildman–Crippen MR) is 75.9 cm³/mol. The van der Waals surface area contributed by atoms with Gasteiger partial charge in [0.1, 0.15) is 12.4 Å². The lowest BCUT2D eigenvalue weighted by Crippen LogP contribution is -2.28. The van der Waals surface area contributed by atoms with Gasteiger partial charge >= 0.3 is 5.97 Å². The van der Waals surface area contributed by atoms with Crippen molar-refractivity contribution in [2.24, 2.45) is 0 Å². The summed E-state index contributed by atoms with van der Waals surface area (Å²) in [6.45, 7) is 0.129. The molecule has 7 nitrogen and oxygen atoms in total. The van der Waals surface area contributed by atoms with E-state index in [1.807, 2.05) is 24.3 Å². The van der Waals surface area contributed by atoms with E-state index in [1.54, 1.807) is 0 Å². The third kappa shape index (κ3) is 4.88. The standard InChI is InChI=1S/C14H17N3O4/c18-13(15-7-8-21-9-14(19)20)6-5-12-16-10-3-1-2-4-11(10)17-12/h1-4H,5-9H2,(H,15,18)(H,16,17)(H,19,20). The summed E-state index contributed by atoms with van der Waals surface area (Å²) in [6.07, 6.45) is 0.843. The number of fused-ring (bicyclic) bond motifs is 1.